The number of rotatable bonds is 8. The maximum absolute atomic E-state index is 13.2. The van der Waals surface area contributed by atoms with Crippen molar-refractivity contribution in [3.05, 3.63) is 30.3 Å². The molecule has 14 heteroatoms. The SMILES string of the molecule is CC(C)C.CCC(NC(=O)C(F)(F)C(F)(F)F)C(=O)N(C)CC(=O)N1CC(C(=O)Nc2ccccc2)CC1C#N. The normalized spacial score (nSPS) is 17.7. The summed E-state index contributed by atoms with van der Waals surface area (Å²) in [7, 11) is 1.09. The summed E-state index contributed by atoms with van der Waals surface area (Å²) in [6.45, 7) is 6.99. The number of hydrogen-bond acceptors (Lipinski definition) is 5. The zero-order chi connectivity index (χ0) is 30.8. The van der Waals surface area contributed by atoms with Gasteiger partial charge in [-0.05, 0) is 30.9 Å². The van der Waals surface area contributed by atoms with Crippen molar-refractivity contribution in [2.45, 2.75) is 64.7 Å². The van der Waals surface area contributed by atoms with E-state index in [1.165, 1.54) is 12.2 Å². The predicted molar refractivity (Wildman–Crippen MR) is 136 cm³/mol. The van der Waals surface area contributed by atoms with Crippen LogP contribution in [0.15, 0.2) is 30.3 Å². The minimum absolute atomic E-state index is 0.0404. The molecule has 1 aliphatic rings. The first-order valence-corrected chi connectivity index (χ1v) is 12.5. The number of likely N-dealkylation sites (tertiary alicyclic amines) is 1. The van der Waals surface area contributed by atoms with E-state index in [4.69, 9.17) is 0 Å². The number of hydrogen-bond donors (Lipinski definition) is 2. The molecule has 1 heterocycles. The lowest BCUT2D eigenvalue weighted by atomic mass is 10.1. The summed E-state index contributed by atoms with van der Waals surface area (Å²) in [6, 6.07) is 7.68. The molecule has 0 radical (unpaired) electrons. The number of nitrogens with zero attached hydrogens (tertiary/aromatic N) is 3. The molecule has 0 bridgehead atoms. The predicted octanol–water partition coefficient (Wildman–Crippen LogP) is 3.58. The average Bonchev–Trinajstić information content (AvgIpc) is 3.31. The van der Waals surface area contributed by atoms with E-state index in [0.717, 1.165) is 22.8 Å². The highest BCUT2D eigenvalue weighted by molar-refractivity contribution is 5.95. The topological polar surface area (TPSA) is 123 Å². The van der Waals surface area contributed by atoms with Crippen LogP contribution >= 0.6 is 0 Å². The van der Waals surface area contributed by atoms with Crippen LogP contribution in [0.3, 0.4) is 0 Å². The van der Waals surface area contributed by atoms with E-state index in [1.807, 2.05) is 6.07 Å². The fourth-order valence-corrected chi connectivity index (χ4v) is 3.54. The van der Waals surface area contributed by atoms with E-state index in [1.54, 1.807) is 30.3 Å². The first kappa shape index (κ1) is 34.3. The van der Waals surface area contributed by atoms with Gasteiger partial charge < -0.3 is 20.4 Å². The van der Waals surface area contributed by atoms with Crippen molar-refractivity contribution in [2.75, 3.05) is 25.5 Å². The summed E-state index contributed by atoms with van der Waals surface area (Å²) in [5.74, 6) is -10.5. The minimum Gasteiger partial charge on any atom is -0.339 e. The van der Waals surface area contributed by atoms with Gasteiger partial charge in [-0.1, -0.05) is 45.9 Å². The summed E-state index contributed by atoms with van der Waals surface area (Å²) in [6.07, 6.45) is -6.44. The van der Waals surface area contributed by atoms with Crippen LogP contribution in [0.2, 0.25) is 0 Å². The van der Waals surface area contributed by atoms with Crippen LogP contribution in [0.4, 0.5) is 27.6 Å². The summed E-state index contributed by atoms with van der Waals surface area (Å²) in [5, 5.41) is 13.5. The number of amides is 4. The Balaban J connectivity index is 0.00000187. The van der Waals surface area contributed by atoms with Crippen LogP contribution < -0.4 is 10.6 Å². The quantitative estimate of drug-likeness (QED) is 0.459. The second kappa shape index (κ2) is 14.6. The van der Waals surface area contributed by atoms with Crippen molar-refractivity contribution >= 4 is 29.3 Å². The number of benzene rings is 1. The highest BCUT2D eigenvalue weighted by atomic mass is 19.4. The molecule has 40 heavy (non-hydrogen) atoms. The number of para-hydroxylation sites is 1. The molecule has 1 fully saturated rings. The smallest absolute Gasteiger partial charge is 0.339 e. The second-order valence-electron chi connectivity index (χ2n) is 9.91. The third-order valence-corrected chi connectivity index (χ3v) is 5.58. The van der Waals surface area contributed by atoms with Gasteiger partial charge in [0.05, 0.1) is 18.5 Å². The molecule has 0 aliphatic carbocycles. The van der Waals surface area contributed by atoms with Gasteiger partial charge in [-0.3, -0.25) is 19.2 Å². The van der Waals surface area contributed by atoms with E-state index in [2.05, 4.69) is 26.1 Å². The van der Waals surface area contributed by atoms with Crippen LogP contribution in [0.25, 0.3) is 0 Å². The van der Waals surface area contributed by atoms with Crippen molar-refractivity contribution in [1.29, 1.82) is 5.26 Å². The third-order valence-electron chi connectivity index (χ3n) is 5.58. The molecule has 4 amide bonds. The molecule has 9 nitrogen and oxygen atoms in total. The van der Waals surface area contributed by atoms with Crippen LogP contribution in [0.5, 0.6) is 0 Å². The van der Waals surface area contributed by atoms with E-state index >= 15 is 0 Å². The number of nitrogens with one attached hydrogen (secondary N) is 2. The molecule has 1 saturated heterocycles. The van der Waals surface area contributed by atoms with E-state index in [-0.39, 0.29) is 19.4 Å². The lowest BCUT2D eigenvalue weighted by Gasteiger charge is -2.27. The molecule has 0 aromatic heterocycles. The van der Waals surface area contributed by atoms with E-state index in [9.17, 15) is 46.4 Å². The van der Waals surface area contributed by atoms with Gasteiger partial charge in [-0.2, -0.15) is 27.2 Å². The van der Waals surface area contributed by atoms with Gasteiger partial charge in [0.2, 0.25) is 17.7 Å². The van der Waals surface area contributed by atoms with Gasteiger partial charge in [-0.25, -0.2) is 0 Å². The number of alkyl halides is 5. The van der Waals surface area contributed by atoms with Gasteiger partial charge in [0.15, 0.2) is 0 Å². The van der Waals surface area contributed by atoms with Gasteiger partial charge in [0, 0.05) is 19.3 Å². The Morgan fingerprint density at radius 1 is 1.10 bits per heavy atom. The zero-order valence-electron chi connectivity index (χ0n) is 22.9. The average molecular weight is 576 g/mol. The van der Waals surface area contributed by atoms with Crippen molar-refractivity contribution in [2.24, 2.45) is 11.8 Å². The summed E-state index contributed by atoms with van der Waals surface area (Å²) in [4.78, 5) is 51.2. The molecule has 3 unspecified atom stereocenters. The standard InChI is InChI=1S/C22H24F5N5O4.C4H10/c1-3-16(30-20(36)21(23,24)22(25,26)27)19(35)31(2)12-17(33)32-11-13(9-15(32)10-28)18(34)29-14-7-5-4-6-8-14;1-4(2)3/h4-8,13,15-16H,3,9,11-12H2,1-2H3,(H,29,34)(H,30,36);4H,1-3H3. The van der Waals surface area contributed by atoms with Gasteiger partial charge in [-0.15, -0.1) is 0 Å². The summed E-state index contributed by atoms with van der Waals surface area (Å²) >= 11 is 0. The Morgan fingerprint density at radius 3 is 2.12 bits per heavy atom. The molecule has 1 aromatic rings. The minimum atomic E-state index is -6.15. The van der Waals surface area contributed by atoms with Crippen LogP contribution in [-0.4, -0.2) is 77.7 Å². The number of likely N-dealkylation sites (N-methyl/N-ethyl adjacent to an activating group) is 1. The molecular weight excluding hydrogens is 541 g/mol. The Kier molecular flexibility index (Phi) is 12.5. The fraction of sp³-hybridized carbons (Fsp3) is 0.577. The fourth-order valence-electron chi connectivity index (χ4n) is 3.54. The Morgan fingerprint density at radius 2 is 1.65 bits per heavy atom. The number of anilines is 1. The van der Waals surface area contributed by atoms with E-state index < -0.39 is 60.3 Å². The number of nitriles is 1. The zero-order valence-corrected chi connectivity index (χ0v) is 22.9. The number of carbonyl (C=O) groups is 4. The lowest BCUT2D eigenvalue weighted by molar-refractivity contribution is -0.270. The monoisotopic (exact) mass is 575 g/mol. The maximum Gasteiger partial charge on any atom is 0.463 e. The van der Waals surface area contributed by atoms with Crippen molar-refractivity contribution in [1.82, 2.24) is 15.1 Å². The molecule has 0 saturated carbocycles. The van der Waals surface area contributed by atoms with Crippen LogP contribution in [0.1, 0.15) is 40.5 Å². The highest BCUT2D eigenvalue weighted by Gasteiger charge is 2.63. The molecule has 2 N–H and O–H groups in total. The molecule has 1 aliphatic heterocycles. The lowest BCUT2D eigenvalue weighted by Crippen LogP contribution is -2.57. The molecule has 2 rings (SSSR count). The molecule has 222 valence electrons. The third kappa shape index (κ3) is 9.46. The Hall–Kier alpha value is -3.76. The Labute approximate surface area is 229 Å². The van der Waals surface area contributed by atoms with Crippen molar-refractivity contribution in [3.8, 4) is 6.07 Å². The van der Waals surface area contributed by atoms with Gasteiger partial charge >= 0.3 is 18.0 Å². The highest BCUT2D eigenvalue weighted by Crippen LogP contribution is 2.35. The summed E-state index contributed by atoms with van der Waals surface area (Å²) < 4.78 is 63.7. The van der Waals surface area contributed by atoms with Crippen molar-refractivity contribution in [3.63, 3.8) is 0 Å². The van der Waals surface area contributed by atoms with Crippen molar-refractivity contribution < 1.29 is 41.1 Å². The first-order valence-electron chi connectivity index (χ1n) is 12.5. The first-order chi connectivity index (χ1) is 18.5. The largest absolute Gasteiger partial charge is 0.463 e. The van der Waals surface area contributed by atoms with Gasteiger partial charge in [0.1, 0.15) is 12.1 Å². The van der Waals surface area contributed by atoms with E-state index in [0.29, 0.717) is 5.69 Å². The molecule has 1 aromatic carbocycles. The number of halogens is 5. The molecule has 3 atom stereocenters. The van der Waals surface area contributed by atoms with Crippen LogP contribution in [-0.2, 0) is 19.2 Å². The maximum atomic E-state index is 13.2. The molecular formula is C26H34F5N5O4. The molecule has 0 spiro atoms. The number of carbonyl (C=O) groups excluding carboxylic acids is 4. The Bertz CT molecular complexity index is 1070. The van der Waals surface area contributed by atoms with Crippen LogP contribution in [0, 0.1) is 23.2 Å². The second-order valence-corrected chi connectivity index (χ2v) is 9.91. The summed E-state index contributed by atoms with van der Waals surface area (Å²) in [5.41, 5.74) is 0.523. The van der Waals surface area contributed by atoms with Gasteiger partial charge in [0.25, 0.3) is 0 Å².